The number of nitrogens with one attached hydrogen (secondary N) is 1. The quantitative estimate of drug-likeness (QED) is 0.607. The third-order valence-electron chi connectivity index (χ3n) is 3.98. The van der Waals surface area contributed by atoms with Gasteiger partial charge in [-0.1, -0.05) is 56.3 Å². The smallest absolute Gasteiger partial charge is 0.0629 e. The molecule has 0 fully saturated rings. The summed E-state index contributed by atoms with van der Waals surface area (Å²) in [7, 11) is 0. The molecule has 0 saturated heterocycles. The average Bonchev–Trinajstić information content (AvgIpc) is 2.62. The van der Waals surface area contributed by atoms with E-state index in [0.29, 0.717) is 12.0 Å². The first-order valence-corrected chi connectivity index (χ1v) is 8.41. The minimum Gasteiger partial charge on any atom is -0.382 e. The summed E-state index contributed by atoms with van der Waals surface area (Å²) in [6, 6.07) is 20.9. The summed E-state index contributed by atoms with van der Waals surface area (Å²) in [6.07, 6.45) is 8.40. The summed E-state index contributed by atoms with van der Waals surface area (Å²) < 4.78 is 0. The Morgan fingerprint density at radius 1 is 0.913 bits per heavy atom. The van der Waals surface area contributed by atoms with Gasteiger partial charge >= 0.3 is 0 Å². The minimum absolute atomic E-state index is 0.434. The highest BCUT2D eigenvalue weighted by Crippen LogP contribution is 2.19. The number of hydrogen-bond acceptors (Lipinski definition) is 2. The Labute approximate surface area is 140 Å². The van der Waals surface area contributed by atoms with Crippen LogP contribution in [0.1, 0.15) is 26.7 Å². The number of hydrogen-bond donors (Lipinski definition) is 1. The first-order chi connectivity index (χ1) is 11.3. The van der Waals surface area contributed by atoms with Gasteiger partial charge in [0.2, 0.25) is 0 Å². The molecule has 2 aromatic rings. The predicted octanol–water partition coefficient (Wildman–Crippen LogP) is 5.86. The Morgan fingerprint density at radius 2 is 1.57 bits per heavy atom. The van der Waals surface area contributed by atoms with E-state index in [9.17, 15) is 0 Å². The van der Waals surface area contributed by atoms with Crippen molar-refractivity contribution < 1.29 is 0 Å². The Kier molecular flexibility index (Phi) is 7.12. The third kappa shape index (κ3) is 5.74. The SMILES string of the molecule is CCC(C=CC=Nc1ccccc1)[C@H](CC)Nc1ccccc1. The van der Waals surface area contributed by atoms with Gasteiger partial charge in [-0.25, -0.2) is 0 Å². The highest BCUT2D eigenvalue weighted by Gasteiger charge is 2.15. The Hall–Kier alpha value is -2.35. The van der Waals surface area contributed by atoms with Gasteiger partial charge in [0.15, 0.2) is 0 Å². The van der Waals surface area contributed by atoms with E-state index >= 15 is 0 Å². The summed E-state index contributed by atoms with van der Waals surface area (Å²) in [6.45, 7) is 4.47. The Morgan fingerprint density at radius 3 is 2.17 bits per heavy atom. The molecule has 0 aliphatic carbocycles. The molecule has 0 aromatic heterocycles. The van der Waals surface area contributed by atoms with Gasteiger partial charge in [-0.3, -0.25) is 4.99 Å². The molecule has 0 aliphatic heterocycles. The summed E-state index contributed by atoms with van der Waals surface area (Å²) in [5, 5.41) is 3.64. The van der Waals surface area contributed by atoms with Crippen molar-refractivity contribution in [2.75, 3.05) is 5.32 Å². The van der Waals surface area contributed by atoms with E-state index in [1.165, 1.54) is 5.69 Å². The highest BCUT2D eigenvalue weighted by molar-refractivity contribution is 5.74. The lowest BCUT2D eigenvalue weighted by Crippen LogP contribution is -2.26. The first-order valence-electron chi connectivity index (χ1n) is 8.41. The summed E-state index contributed by atoms with van der Waals surface area (Å²) >= 11 is 0. The molecule has 0 spiro atoms. The zero-order chi connectivity index (χ0) is 16.3. The molecule has 120 valence electrons. The van der Waals surface area contributed by atoms with Gasteiger partial charge in [0.05, 0.1) is 5.69 Å². The number of rotatable bonds is 8. The van der Waals surface area contributed by atoms with Crippen molar-refractivity contribution >= 4 is 17.6 Å². The summed E-state index contributed by atoms with van der Waals surface area (Å²) in [4.78, 5) is 4.45. The molecule has 0 heterocycles. The lowest BCUT2D eigenvalue weighted by atomic mass is 9.94. The Bertz CT molecular complexity index is 602. The molecule has 2 atom stereocenters. The number of anilines is 1. The second-order valence-electron chi connectivity index (χ2n) is 5.60. The van der Waals surface area contributed by atoms with E-state index in [0.717, 1.165) is 18.5 Å². The van der Waals surface area contributed by atoms with Gasteiger partial charge in [0.1, 0.15) is 0 Å². The van der Waals surface area contributed by atoms with Crippen molar-refractivity contribution in [3.05, 3.63) is 72.8 Å². The van der Waals surface area contributed by atoms with Gasteiger partial charge in [-0.2, -0.15) is 0 Å². The van der Waals surface area contributed by atoms with Crippen molar-refractivity contribution in [3.63, 3.8) is 0 Å². The predicted molar refractivity (Wildman–Crippen MR) is 102 cm³/mol. The van der Waals surface area contributed by atoms with Crippen LogP contribution < -0.4 is 5.32 Å². The molecule has 0 amide bonds. The molecule has 1 unspecified atom stereocenters. The van der Waals surface area contributed by atoms with Crippen molar-refractivity contribution in [3.8, 4) is 0 Å². The van der Waals surface area contributed by atoms with E-state index in [1.54, 1.807) is 0 Å². The largest absolute Gasteiger partial charge is 0.382 e. The Balaban J connectivity index is 1.96. The zero-order valence-electron chi connectivity index (χ0n) is 14.0. The molecule has 2 nitrogen and oxygen atoms in total. The fourth-order valence-corrected chi connectivity index (χ4v) is 2.65. The van der Waals surface area contributed by atoms with Crippen LogP contribution in [0.4, 0.5) is 11.4 Å². The van der Waals surface area contributed by atoms with E-state index in [1.807, 2.05) is 42.6 Å². The molecule has 2 rings (SSSR count). The van der Waals surface area contributed by atoms with E-state index in [-0.39, 0.29) is 0 Å². The van der Waals surface area contributed by atoms with Gasteiger partial charge in [0.25, 0.3) is 0 Å². The molecule has 2 aromatic carbocycles. The lowest BCUT2D eigenvalue weighted by Gasteiger charge is -2.24. The molecule has 0 aliphatic rings. The van der Waals surface area contributed by atoms with E-state index < -0.39 is 0 Å². The maximum Gasteiger partial charge on any atom is 0.0629 e. The van der Waals surface area contributed by atoms with Crippen LogP contribution in [0.2, 0.25) is 0 Å². The molecule has 23 heavy (non-hydrogen) atoms. The van der Waals surface area contributed by atoms with Crippen molar-refractivity contribution in [2.24, 2.45) is 10.9 Å². The lowest BCUT2D eigenvalue weighted by molar-refractivity contribution is 0.504. The topological polar surface area (TPSA) is 24.4 Å². The molecule has 1 N–H and O–H groups in total. The molecular weight excluding hydrogens is 280 g/mol. The molecule has 0 saturated carbocycles. The third-order valence-corrected chi connectivity index (χ3v) is 3.98. The van der Waals surface area contributed by atoms with E-state index in [4.69, 9.17) is 0 Å². The van der Waals surface area contributed by atoms with Crippen LogP contribution in [-0.2, 0) is 0 Å². The molecule has 0 radical (unpaired) electrons. The monoisotopic (exact) mass is 306 g/mol. The van der Waals surface area contributed by atoms with Crippen LogP contribution in [0, 0.1) is 5.92 Å². The second kappa shape index (κ2) is 9.62. The van der Waals surface area contributed by atoms with Gasteiger partial charge in [-0.05, 0) is 49.1 Å². The number of benzene rings is 2. The van der Waals surface area contributed by atoms with Gasteiger partial charge < -0.3 is 5.32 Å². The fraction of sp³-hybridized carbons (Fsp3) is 0.286. The van der Waals surface area contributed by atoms with Crippen LogP contribution in [-0.4, -0.2) is 12.3 Å². The molecule has 2 heteroatoms. The van der Waals surface area contributed by atoms with Crippen LogP contribution >= 0.6 is 0 Å². The summed E-state index contributed by atoms with van der Waals surface area (Å²) in [5.74, 6) is 0.488. The van der Waals surface area contributed by atoms with Gasteiger partial charge in [0, 0.05) is 17.9 Å². The molecule has 0 bridgehead atoms. The fourth-order valence-electron chi connectivity index (χ4n) is 2.65. The number of para-hydroxylation sites is 2. The second-order valence-corrected chi connectivity index (χ2v) is 5.60. The van der Waals surface area contributed by atoms with Crippen molar-refractivity contribution in [1.29, 1.82) is 0 Å². The van der Waals surface area contributed by atoms with Crippen LogP contribution in [0.15, 0.2) is 77.8 Å². The summed E-state index contributed by atoms with van der Waals surface area (Å²) in [5.41, 5.74) is 2.17. The van der Waals surface area contributed by atoms with Gasteiger partial charge in [-0.15, -0.1) is 0 Å². The number of nitrogens with zero attached hydrogens (tertiary/aromatic N) is 1. The van der Waals surface area contributed by atoms with Crippen LogP contribution in [0.3, 0.4) is 0 Å². The van der Waals surface area contributed by atoms with Crippen LogP contribution in [0.5, 0.6) is 0 Å². The molecular formula is C21H26N2. The normalized spacial score (nSPS) is 14.2. The standard InChI is InChI=1S/C21H26N2/c1-3-18(12-11-17-22-19-13-7-5-8-14-19)21(4-2)23-20-15-9-6-10-16-20/h5-18,21,23H,3-4H2,1-2H3/t18?,21-/m0/s1. The zero-order valence-corrected chi connectivity index (χ0v) is 14.0. The van der Waals surface area contributed by atoms with E-state index in [2.05, 4.69) is 60.6 Å². The van der Waals surface area contributed by atoms with Crippen molar-refractivity contribution in [2.45, 2.75) is 32.7 Å². The van der Waals surface area contributed by atoms with Crippen LogP contribution in [0.25, 0.3) is 0 Å². The number of aliphatic imine (C=N–C) groups is 1. The average molecular weight is 306 g/mol. The number of allylic oxidation sites excluding steroid dienone is 1. The minimum atomic E-state index is 0.434. The van der Waals surface area contributed by atoms with Crippen molar-refractivity contribution in [1.82, 2.24) is 0 Å². The first kappa shape index (κ1) is 17.0. The maximum atomic E-state index is 4.45. The maximum absolute atomic E-state index is 4.45. The highest BCUT2D eigenvalue weighted by atomic mass is 14.9.